The van der Waals surface area contributed by atoms with Gasteiger partial charge in [-0.05, 0) is 62.3 Å². The number of hydrogen-bond donors (Lipinski definition) is 0. The van der Waals surface area contributed by atoms with Crippen LogP contribution in [0.2, 0.25) is 0 Å². The molecule has 1 aromatic heterocycles. The number of nitrogens with zero attached hydrogens (tertiary/aromatic N) is 2. The molecule has 1 aromatic carbocycles. The Labute approximate surface area is 182 Å². The van der Waals surface area contributed by atoms with Gasteiger partial charge in [-0.2, -0.15) is 0 Å². The number of carbonyl (C=O) groups excluding carboxylic acids is 1. The van der Waals surface area contributed by atoms with E-state index in [4.69, 9.17) is 14.0 Å². The summed E-state index contributed by atoms with van der Waals surface area (Å²) in [7, 11) is 0. The Morgan fingerprint density at radius 3 is 2.81 bits per heavy atom. The van der Waals surface area contributed by atoms with Gasteiger partial charge < -0.3 is 18.9 Å². The Morgan fingerprint density at radius 1 is 1.19 bits per heavy atom. The van der Waals surface area contributed by atoms with E-state index in [1.807, 2.05) is 4.90 Å². The zero-order chi connectivity index (χ0) is 21.5. The van der Waals surface area contributed by atoms with E-state index in [1.54, 1.807) is 18.2 Å². The molecule has 1 amide bonds. The molecule has 0 N–H and O–H groups in total. The predicted molar refractivity (Wildman–Crippen MR) is 114 cm³/mol. The fourth-order valence-corrected chi connectivity index (χ4v) is 4.11. The molecule has 2 heterocycles. The fourth-order valence-electron chi connectivity index (χ4n) is 4.11. The first-order valence-electron chi connectivity index (χ1n) is 11.0. The third-order valence-electron chi connectivity index (χ3n) is 5.82. The summed E-state index contributed by atoms with van der Waals surface area (Å²) >= 11 is 0. The second kappa shape index (κ2) is 10.7. The number of aromatic nitrogens is 1. The molecular weight excluding hydrogens is 399 g/mol. The van der Waals surface area contributed by atoms with E-state index in [0.717, 1.165) is 50.8 Å². The first kappa shape index (κ1) is 21.7. The van der Waals surface area contributed by atoms with Crippen molar-refractivity contribution >= 4 is 5.91 Å². The van der Waals surface area contributed by atoms with Gasteiger partial charge in [-0.1, -0.05) is 17.3 Å². The Hall–Kier alpha value is -2.51. The molecule has 4 rings (SSSR count). The highest BCUT2D eigenvalue weighted by Crippen LogP contribution is 2.22. The molecule has 2 atom stereocenters. The lowest BCUT2D eigenvalue weighted by Crippen LogP contribution is -2.42. The van der Waals surface area contributed by atoms with Crippen molar-refractivity contribution in [2.24, 2.45) is 5.92 Å². The average molecular weight is 429 g/mol. The van der Waals surface area contributed by atoms with Gasteiger partial charge in [0.2, 0.25) is 5.91 Å². The van der Waals surface area contributed by atoms with Gasteiger partial charge >= 0.3 is 0 Å². The van der Waals surface area contributed by atoms with Crippen LogP contribution in [0.25, 0.3) is 11.3 Å². The summed E-state index contributed by atoms with van der Waals surface area (Å²) in [4.78, 5) is 14.8. The molecule has 1 fully saturated rings. The van der Waals surface area contributed by atoms with E-state index in [2.05, 4.69) is 17.3 Å². The van der Waals surface area contributed by atoms with Gasteiger partial charge in [0, 0.05) is 31.3 Å². The summed E-state index contributed by atoms with van der Waals surface area (Å²) in [5.74, 6) is 0.703. The maximum Gasteiger partial charge on any atom is 0.248 e. The van der Waals surface area contributed by atoms with Crippen LogP contribution in [0.4, 0.5) is 4.39 Å². The summed E-state index contributed by atoms with van der Waals surface area (Å²) in [6.07, 6.45) is 9.80. The van der Waals surface area contributed by atoms with E-state index in [-0.39, 0.29) is 31.0 Å². The summed E-state index contributed by atoms with van der Waals surface area (Å²) in [5.41, 5.74) is 1.33. The highest BCUT2D eigenvalue weighted by atomic mass is 19.1. The Kier molecular flexibility index (Phi) is 7.48. The van der Waals surface area contributed by atoms with Crippen LogP contribution in [-0.4, -0.2) is 48.4 Å². The van der Waals surface area contributed by atoms with Gasteiger partial charge in [-0.25, -0.2) is 4.39 Å². The van der Waals surface area contributed by atoms with E-state index in [0.29, 0.717) is 23.9 Å². The van der Waals surface area contributed by atoms with Crippen LogP contribution in [0.3, 0.4) is 0 Å². The lowest BCUT2D eigenvalue weighted by atomic mass is 9.94. The minimum absolute atomic E-state index is 0.00593. The van der Waals surface area contributed by atoms with Crippen LogP contribution in [0, 0.1) is 11.7 Å². The number of benzene rings is 1. The zero-order valence-electron chi connectivity index (χ0n) is 17.7. The minimum atomic E-state index is -0.304. The van der Waals surface area contributed by atoms with E-state index < -0.39 is 0 Å². The van der Waals surface area contributed by atoms with Crippen molar-refractivity contribution in [3.63, 3.8) is 0 Å². The molecule has 2 aromatic rings. The zero-order valence-corrected chi connectivity index (χ0v) is 17.7. The van der Waals surface area contributed by atoms with Gasteiger partial charge in [0.1, 0.15) is 18.1 Å². The van der Waals surface area contributed by atoms with Gasteiger partial charge in [0.05, 0.1) is 12.7 Å². The molecule has 0 bridgehead atoms. The highest BCUT2D eigenvalue weighted by Gasteiger charge is 2.25. The van der Waals surface area contributed by atoms with Gasteiger partial charge in [0.25, 0.3) is 0 Å². The molecule has 1 saturated heterocycles. The smallest absolute Gasteiger partial charge is 0.248 e. The third kappa shape index (κ3) is 6.24. The lowest BCUT2D eigenvalue weighted by Gasteiger charge is -2.30. The van der Waals surface area contributed by atoms with Crippen molar-refractivity contribution < 1.29 is 23.2 Å². The first-order valence-corrected chi connectivity index (χ1v) is 11.0. The Bertz CT molecular complexity index is 874. The number of rotatable bonds is 9. The summed E-state index contributed by atoms with van der Waals surface area (Å²) in [6, 6.07) is 7.76. The van der Waals surface area contributed by atoms with Crippen molar-refractivity contribution in [3.05, 3.63) is 54.0 Å². The van der Waals surface area contributed by atoms with Crippen molar-refractivity contribution in [1.82, 2.24) is 10.1 Å². The van der Waals surface area contributed by atoms with Crippen molar-refractivity contribution in [3.8, 4) is 11.3 Å². The second-order valence-electron chi connectivity index (χ2n) is 8.27. The maximum atomic E-state index is 13.1. The number of halogens is 1. The maximum absolute atomic E-state index is 13.1. The molecule has 2 unspecified atom stereocenters. The molecule has 2 aliphatic rings. The van der Waals surface area contributed by atoms with Crippen LogP contribution >= 0.6 is 0 Å². The second-order valence-corrected chi connectivity index (χ2v) is 8.27. The molecule has 166 valence electrons. The molecule has 0 saturated carbocycles. The van der Waals surface area contributed by atoms with Crippen LogP contribution in [0.15, 0.2) is 47.0 Å². The predicted octanol–water partition coefficient (Wildman–Crippen LogP) is 4.36. The summed E-state index contributed by atoms with van der Waals surface area (Å²) in [6.45, 7) is 2.31. The minimum Gasteiger partial charge on any atom is -0.376 e. The topological polar surface area (TPSA) is 64.8 Å². The Morgan fingerprint density at radius 2 is 2.06 bits per heavy atom. The van der Waals surface area contributed by atoms with Crippen molar-refractivity contribution in [1.29, 1.82) is 0 Å². The van der Waals surface area contributed by atoms with E-state index in [1.165, 1.54) is 12.1 Å². The molecule has 0 radical (unpaired) electrons. The fraction of sp³-hybridized carbons (Fsp3) is 0.500. The van der Waals surface area contributed by atoms with E-state index >= 15 is 0 Å². The van der Waals surface area contributed by atoms with Crippen LogP contribution in [-0.2, 0) is 20.9 Å². The van der Waals surface area contributed by atoms with Crippen molar-refractivity contribution in [2.45, 2.75) is 44.8 Å². The van der Waals surface area contributed by atoms with E-state index in [9.17, 15) is 9.18 Å². The van der Waals surface area contributed by atoms with Gasteiger partial charge in [-0.3, -0.25) is 4.79 Å². The highest BCUT2D eigenvalue weighted by molar-refractivity contribution is 5.77. The Balaban J connectivity index is 1.29. The molecular formula is C24H29FN2O4. The quantitative estimate of drug-likeness (QED) is 0.555. The molecule has 1 aliphatic heterocycles. The number of carbonyl (C=O) groups is 1. The SMILES string of the molecule is O=C(COCc1cc(-c2ccc(F)cc2)on1)N(CC1CC=CCC1)CC1CCCO1. The largest absolute Gasteiger partial charge is 0.376 e. The van der Waals surface area contributed by atoms with Gasteiger partial charge in [-0.15, -0.1) is 0 Å². The molecule has 1 aliphatic carbocycles. The first-order chi connectivity index (χ1) is 15.2. The molecule has 0 spiro atoms. The number of hydrogen-bond acceptors (Lipinski definition) is 5. The number of allylic oxidation sites excluding steroid dienone is 2. The van der Waals surface area contributed by atoms with Crippen LogP contribution in [0.1, 0.15) is 37.8 Å². The summed E-state index contributed by atoms with van der Waals surface area (Å²) < 4.78 is 29.8. The molecule has 6 nitrogen and oxygen atoms in total. The monoisotopic (exact) mass is 428 g/mol. The standard InChI is InChI=1S/C24H29FN2O4/c25-20-10-8-19(9-11-20)23-13-21(26-31-23)16-29-17-24(28)27(15-22-7-4-12-30-22)14-18-5-2-1-3-6-18/h1-2,8-11,13,18,22H,3-7,12,14-17H2. The molecule has 31 heavy (non-hydrogen) atoms. The average Bonchev–Trinajstić information content (AvgIpc) is 3.47. The third-order valence-corrected chi connectivity index (χ3v) is 5.82. The van der Waals surface area contributed by atoms with Crippen LogP contribution in [0.5, 0.6) is 0 Å². The summed E-state index contributed by atoms with van der Waals surface area (Å²) in [5, 5.41) is 3.99. The van der Waals surface area contributed by atoms with Gasteiger partial charge in [0.15, 0.2) is 5.76 Å². The van der Waals surface area contributed by atoms with Crippen molar-refractivity contribution in [2.75, 3.05) is 26.3 Å². The number of ether oxygens (including phenoxy) is 2. The van der Waals surface area contributed by atoms with Crippen LogP contribution < -0.4 is 0 Å². The lowest BCUT2D eigenvalue weighted by molar-refractivity contribution is -0.139. The molecule has 7 heteroatoms. The number of amides is 1. The normalized spacial score (nSPS) is 20.8.